The molecule has 190 valence electrons. The third-order valence-corrected chi connectivity index (χ3v) is 4.49. The minimum absolute atomic E-state index is 0.0153. The lowest BCUT2D eigenvalue weighted by atomic mass is 9.97. The van der Waals surface area contributed by atoms with Gasteiger partial charge in [0.25, 0.3) is 0 Å². The molecule has 0 aromatic heterocycles. The fourth-order valence-electron chi connectivity index (χ4n) is 2.39. The molecule has 0 saturated heterocycles. The maximum absolute atomic E-state index is 12.5. The third kappa shape index (κ3) is 9.38. The molecule has 1 unspecified atom stereocenters. The van der Waals surface area contributed by atoms with E-state index in [1.54, 1.807) is 54.5 Å². The van der Waals surface area contributed by atoms with Gasteiger partial charge in [0.15, 0.2) is 11.5 Å². The van der Waals surface area contributed by atoms with Gasteiger partial charge in [0.1, 0.15) is 12.1 Å². The number of methoxy groups -OCH3 is 1. The molecule has 2 N–H and O–H groups in total. The Hall–Kier alpha value is -3.14. The monoisotopic (exact) mass is 481 g/mol. The third-order valence-electron chi connectivity index (χ3n) is 4.49. The van der Waals surface area contributed by atoms with Crippen LogP contribution in [0.15, 0.2) is 18.2 Å². The van der Waals surface area contributed by atoms with E-state index in [-0.39, 0.29) is 24.5 Å². The number of carboxylic acid groups (broad SMARTS) is 1. The summed E-state index contributed by atoms with van der Waals surface area (Å²) in [6.45, 7) is 11.8. The molecular weight excluding hydrogens is 446 g/mol. The number of rotatable bonds is 9. The Morgan fingerprint density at radius 1 is 0.941 bits per heavy atom. The largest absolute Gasteiger partial charge is 0.508 e. The van der Waals surface area contributed by atoms with Crippen molar-refractivity contribution in [2.24, 2.45) is 10.8 Å². The van der Waals surface area contributed by atoms with Crippen LogP contribution in [-0.4, -0.2) is 55.0 Å². The van der Waals surface area contributed by atoms with Crippen LogP contribution in [0.4, 0.5) is 4.79 Å². The summed E-state index contributed by atoms with van der Waals surface area (Å²) in [5, 5.41) is 12.4. The molecule has 1 aromatic rings. The Morgan fingerprint density at radius 3 is 1.94 bits per heavy atom. The zero-order chi connectivity index (χ0) is 26.3. The van der Waals surface area contributed by atoms with E-state index < -0.39 is 47.0 Å². The van der Waals surface area contributed by atoms with Crippen LogP contribution in [-0.2, 0) is 30.3 Å². The van der Waals surface area contributed by atoms with Gasteiger partial charge in [0.2, 0.25) is 0 Å². The summed E-state index contributed by atoms with van der Waals surface area (Å²) >= 11 is 0. The van der Waals surface area contributed by atoms with Crippen molar-refractivity contribution in [3.8, 4) is 11.5 Å². The summed E-state index contributed by atoms with van der Waals surface area (Å²) in [6.07, 6.45) is -1.47. The maximum Gasteiger partial charge on any atom is 0.508 e. The van der Waals surface area contributed by atoms with Crippen LogP contribution in [0.1, 0.15) is 54.0 Å². The van der Waals surface area contributed by atoms with E-state index in [1.807, 2.05) is 0 Å². The van der Waals surface area contributed by atoms with Crippen molar-refractivity contribution >= 4 is 24.1 Å². The molecule has 2 atom stereocenters. The van der Waals surface area contributed by atoms with E-state index >= 15 is 0 Å². The Balaban J connectivity index is 3.13. The molecule has 0 bridgehead atoms. The van der Waals surface area contributed by atoms with Crippen LogP contribution >= 0.6 is 0 Å². The molecular formula is C24H35NO9. The molecule has 1 rings (SSSR count). The van der Waals surface area contributed by atoms with E-state index in [2.05, 4.69) is 10.1 Å². The van der Waals surface area contributed by atoms with Gasteiger partial charge in [0.05, 0.1) is 17.9 Å². The highest BCUT2D eigenvalue weighted by Gasteiger charge is 2.29. The number of carboxylic acids is 1. The fraction of sp³-hybridized carbons (Fsp3) is 0.583. The lowest BCUT2D eigenvalue weighted by Gasteiger charge is -2.21. The second-order valence-corrected chi connectivity index (χ2v) is 9.95. The average Bonchev–Trinajstić information content (AvgIpc) is 2.70. The lowest BCUT2D eigenvalue weighted by Crippen LogP contribution is -2.42. The summed E-state index contributed by atoms with van der Waals surface area (Å²) in [7, 11) is 1.18. The van der Waals surface area contributed by atoms with Gasteiger partial charge in [-0.25, -0.2) is 4.79 Å². The fourth-order valence-corrected chi connectivity index (χ4v) is 2.39. The zero-order valence-corrected chi connectivity index (χ0v) is 21.0. The summed E-state index contributed by atoms with van der Waals surface area (Å²) < 4.78 is 20.3. The van der Waals surface area contributed by atoms with Gasteiger partial charge in [-0.3, -0.25) is 14.4 Å². The van der Waals surface area contributed by atoms with Crippen molar-refractivity contribution in [3.63, 3.8) is 0 Å². The molecule has 0 saturated carbocycles. The summed E-state index contributed by atoms with van der Waals surface area (Å²) in [6, 6.07) is 3.50. The zero-order valence-electron chi connectivity index (χ0n) is 21.0. The smallest absolute Gasteiger partial charge is 0.480 e. The van der Waals surface area contributed by atoms with Gasteiger partial charge in [-0.05, 0) is 72.6 Å². The van der Waals surface area contributed by atoms with Gasteiger partial charge < -0.3 is 29.4 Å². The number of carbonyl (C=O) groups excluding carboxylic acids is 3. The van der Waals surface area contributed by atoms with Crippen LogP contribution < -0.4 is 14.8 Å². The second-order valence-electron chi connectivity index (χ2n) is 9.95. The number of nitrogens with one attached hydrogen (secondary N) is 1. The Bertz CT molecular complexity index is 897. The molecule has 10 heteroatoms. The van der Waals surface area contributed by atoms with Crippen LogP contribution in [0, 0.1) is 10.8 Å². The van der Waals surface area contributed by atoms with Gasteiger partial charge in [-0.2, -0.15) is 0 Å². The predicted octanol–water partition coefficient (Wildman–Crippen LogP) is 3.35. The normalized spacial score (nSPS) is 13.4. The number of ether oxygens (including phenoxy) is 4. The van der Waals surface area contributed by atoms with E-state index in [9.17, 15) is 24.3 Å². The molecule has 0 aliphatic rings. The van der Waals surface area contributed by atoms with E-state index in [0.717, 1.165) is 0 Å². The molecule has 0 fully saturated rings. The number of esters is 2. The first-order valence-electron chi connectivity index (χ1n) is 10.8. The lowest BCUT2D eigenvalue weighted by molar-refractivity contribution is -0.145. The summed E-state index contributed by atoms with van der Waals surface area (Å²) in [4.78, 5) is 47.8. The maximum atomic E-state index is 12.5. The Morgan fingerprint density at radius 2 is 1.47 bits per heavy atom. The molecule has 0 aliphatic heterocycles. The van der Waals surface area contributed by atoms with Crippen molar-refractivity contribution < 1.29 is 43.2 Å². The topological polar surface area (TPSA) is 137 Å². The van der Waals surface area contributed by atoms with E-state index in [4.69, 9.17) is 14.2 Å². The first-order chi connectivity index (χ1) is 15.5. The van der Waals surface area contributed by atoms with Gasteiger partial charge in [-0.1, -0.05) is 6.07 Å². The van der Waals surface area contributed by atoms with Crippen LogP contribution in [0.5, 0.6) is 11.5 Å². The molecule has 34 heavy (non-hydrogen) atoms. The van der Waals surface area contributed by atoms with E-state index in [1.165, 1.54) is 19.2 Å². The number of hydrogen-bond acceptors (Lipinski definition) is 9. The predicted molar refractivity (Wildman–Crippen MR) is 123 cm³/mol. The number of benzene rings is 1. The average molecular weight is 482 g/mol. The van der Waals surface area contributed by atoms with Crippen LogP contribution in [0.3, 0.4) is 0 Å². The quantitative estimate of drug-likeness (QED) is 0.399. The second kappa shape index (κ2) is 11.8. The highest BCUT2D eigenvalue weighted by Crippen LogP contribution is 2.33. The standard InChI is InChI=1S/C24H35NO9/c1-14(32-22(30)31-8)13-25-16(19(26)27)11-15-9-10-17(33-20(28)23(2,3)4)18(12-15)34-21(29)24(5,6)7/h9-10,12,14,16,25H,11,13H2,1-8H3,(H,26,27)/t14?,16-/m0/s1. The van der Waals surface area contributed by atoms with E-state index in [0.29, 0.717) is 5.56 Å². The Labute approximate surface area is 199 Å². The van der Waals surface area contributed by atoms with Gasteiger partial charge >= 0.3 is 24.1 Å². The van der Waals surface area contributed by atoms with Crippen molar-refractivity contribution in [1.82, 2.24) is 5.32 Å². The van der Waals surface area contributed by atoms with Crippen molar-refractivity contribution in [1.29, 1.82) is 0 Å². The molecule has 0 spiro atoms. The summed E-state index contributed by atoms with van der Waals surface area (Å²) in [5.41, 5.74) is -1.08. The minimum Gasteiger partial charge on any atom is -0.480 e. The molecule has 10 nitrogen and oxygen atoms in total. The molecule has 0 radical (unpaired) electrons. The number of hydrogen-bond donors (Lipinski definition) is 2. The molecule has 0 amide bonds. The number of aliphatic carboxylic acids is 1. The minimum atomic E-state index is -1.12. The van der Waals surface area contributed by atoms with Gasteiger partial charge in [0, 0.05) is 6.54 Å². The van der Waals surface area contributed by atoms with Crippen molar-refractivity contribution in [3.05, 3.63) is 23.8 Å². The molecule has 0 heterocycles. The van der Waals surface area contributed by atoms with Crippen LogP contribution in [0.25, 0.3) is 0 Å². The van der Waals surface area contributed by atoms with Crippen molar-refractivity contribution in [2.45, 2.75) is 67.0 Å². The highest BCUT2D eigenvalue weighted by molar-refractivity contribution is 5.81. The first-order valence-corrected chi connectivity index (χ1v) is 10.8. The summed E-state index contributed by atoms with van der Waals surface area (Å²) in [5.74, 6) is -2.11. The van der Waals surface area contributed by atoms with Gasteiger partial charge in [-0.15, -0.1) is 0 Å². The molecule has 0 aliphatic carbocycles. The Kier molecular flexibility index (Phi) is 10.0. The number of carbonyl (C=O) groups is 4. The first kappa shape index (κ1) is 28.9. The van der Waals surface area contributed by atoms with Crippen LogP contribution in [0.2, 0.25) is 0 Å². The highest BCUT2D eigenvalue weighted by atomic mass is 16.7. The van der Waals surface area contributed by atoms with Crippen molar-refractivity contribution in [2.75, 3.05) is 13.7 Å². The molecule has 1 aromatic carbocycles. The SMILES string of the molecule is COC(=O)OC(C)CN[C@@H](Cc1ccc(OC(=O)C(C)(C)C)c(OC(=O)C(C)(C)C)c1)C(=O)O.